The normalized spacial score (nSPS) is 34.1. The highest BCUT2D eigenvalue weighted by Crippen LogP contribution is 2.05. The Kier molecular flexibility index (Phi) is 0.924. The molecule has 0 aromatic rings. The summed E-state index contributed by atoms with van der Waals surface area (Å²) in [6, 6.07) is -0.500. The van der Waals surface area contributed by atoms with Crippen LogP contribution in [-0.4, -0.2) is 19.6 Å². The molecule has 0 radical (unpaired) electrons. The summed E-state index contributed by atoms with van der Waals surface area (Å²) in [5, 5.41) is -0.711. The highest BCUT2D eigenvalue weighted by molar-refractivity contribution is 8.06. The van der Waals surface area contributed by atoms with Crippen molar-refractivity contribution in [3.63, 3.8) is 0 Å². The Morgan fingerprint density at radius 1 is 1.62 bits per heavy atom. The zero-order chi connectivity index (χ0) is 6.36. The molecule has 1 unspecified atom stereocenters. The molecule has 0 aliphatic carbocycles. The number of carbonyl (C=O) groups is 1. The molecule has 1 aliphatic rings. The van der Waals surface area contributed by atoms with Crippen molar-refractivity contribution in [2.75, 3.05) is 0 Å². The Balaban J connectivity index is 2.92. The maximum atomic E-state index is 10.2. The smallest absolute Gasteiger partial charge is 0.278 e. The second kappa shape index (κ2) is 1.29. The van der Waals surface area contributed by atoms with E-state index >= 15 is 0 Å². The highest BCUT2D eigenvalue weighted by Gasteiger charge is 2.40. The van der Waals surface area contributed by atoms with Crippen molar-refractivity contribution in [3.8, 4) is 0 Å². The molecule has 1 fully saturated rings. The van der Waals surface area contributed by atoms with Crippen LogP contribution in [0.25, 0.3) is 0 Å². The summed E-state index contributed by atoms with van der Waals surface area (Å²) in [7, 11) is -3.50. The molecule has 1 saturated heterocycles. The first-order valence-electron chi connectivity index (χ1n) is 2.10. The molecule has 46 valence electrons. The van der Waals surface area contributed by atoms with Crippen LogP contribution in [0.4, 0.5) is 0 Å². The fraction of sp³-hybridized carbons (Fsp3) is 0.667. The van der Waals surface area contributed by atoms with E-state index in [2.05, 4.69) is 4.72 Å². The predicted molar refractivity (Wildman–Crippen MR) is 26.5 cm³/mol. The molecule has 4 nitrogen and oxygen atoms in total. The van der Waals surface area contributed by atoms with Gasteiger partial charge in [-0.3, -0.25) is 4.79 Å². The van der Waals surface area contributed by atoms with Crippen molar-refractivity contribution in [2.45, 2.75) is 13.0 Å². The molecule has 1 N–H and O–H groups in total. The Morgan fingerprint density at radius 3 is 2.12 bits per heavy atom. The fourth-order valence-electron chi connectivity index (χ4n) is 0.514. The molecule has 0 spiro atoms. The lowest BCUT2D eigenvalue weighted by Gasteiger charge is -2.20. The van der Waals surface area contributed by atoms with Gasteiger partial charge in [-0.05, 0) is 6.92 Å². The summed E-state index contributed by atoms with van der Waals surface area (Å²) >= 11 is 0. The first-order chi connectivity index (χ1) is 3.54. The van der Waals surface area contributed by atoms with E-state index in [1.165, 1.54) is 6.92 Å². The third-order valence-electron chi connectivity index (χ3n) is 0.950. The van der Waals surface area contributed by atoms with Crippen LogP contribution < -0.4 is 4.72 Å². The number of hydrogen-bond acceptors (Lipinski definition) is 3. The van der Waals surface area contributed by atoms with Crippen molar-refractivity contribution in [3.05, 3.63) is 0 Å². The largest absolute Gasteiger partial charge is 0.278 e. The maximum absolute atomic E-state index is 10.2. The van der Waals surface area contributed by atoms with Crippen LogP contribution in [0.1, 0.15) is 6.92 Å². The summed E-state index contributed by atoms with van der Waals surface area (Å²) in [5.74, 6) is 0. The number of rotatable bonds is 0. The Hall–Kier alpha value is -0.420. The van der Waals surface area contributed by atoms with Crippen LogP contribution >= 0.6 is 0 Å². The molecule has 0 amide bonds. The van der Waals surface area contributed by atoms with Gasteiger partial charge in [0.25, 0.3) is 15.1 Å². The van der Waals surface area contributed by atoms with Gasteiger partial charge in [-0.25, -0.2) is 8.42 Å². The van der Waals surface area contributed by atoms with Gasteiger partial charge in [0, 0.05) is 0 Å². The van der Waals surface area contributed by atoms with E-state index in [-0.39, 0.29) is 0 Å². The number of hydrogen-bond donors (Lipinski definition) is 1. The lowest BCUT2D eigenvalue weighted by atomic mass is 10.4. The van der Waals surface area contributed by atoms with E-state index in [1.807, 2.05) is 0 Å². The minimum absolute atomic E-state index is 0.500. The van der Waals surface area contributed by atoms with Crippen molar-refractivity contribution < 1.29 is 13.2 Å². The van der Waals surface area contributed by atoms with E-state index < -0.39 is 21.2 Å². The van der Waals surface area contributed by atoms with Gasteiger partial charge < -0.3 is 0 Å². The van der Waals surface area contributed by atoms with Gasteiger partial charge in [0.05, 0.1) is 6.04 Å². The molecule has 1 rings (SSSR count). The second-order valence-electron chi connectivity index (χ2n) is 1.66. The van der Waals surface area contributed by atoms with E-state index in [1.54, 1.807) is 0 Å². The third kappa shape index (κ3) is 0.551. The van der Waals surface area contributed by atoms with Crippen LogP contribution in [0.2, 0.25) is 0 Å². The van der Waals surface area contributed by atoms with Gasteiger partial charge >= 0.3 is 0 Å². The molecule has 5 heteroatoms. The standard InChI is InChI=1S/C3H5NO3S/c1-2-3(5)8(6,7)4-2/h2,4H,1H3. The molecule has 1 heterocycles. The average Bonchev–Trinajstić information content (AvgIpc) is 1.65. The van der Waals surface area contributed by atoms with Gasteiger partial charge in [0.15, 0.2) is 0 Å². The summed E-state index contributed by atoms with van der Waals surface area (Å²) in [4.78, 5) is 10.2. The van der Waals surface area contributed by atoms with Gasteiger partial charge in [-0.1, -0.05) is 0 Å². The van der Waals surface area contributed by atoms with Gasteiger partial charge in [-0.15, -0.1) is 0 Å². The maximum Gasteiger partial charge on any atom is 0.278 e. The van der Waals surface area contributed by atoms with Crippen LogP contribution in [0.3, 0.4) is 0 Å². The molecule has 0 aromatic carbocycles. The van der Waals surface area contributed by atoms with Crippen LogP contribution in [0.15, 0.2) is 0 Å². The minimum Gasteiger partial charge on any atom is -0.278 e. The first kappa shape index (κ1) is 5.71. The quantitative estimate of drug-likeness (QED) is 0.455. The molecule has 0 saturated carbocycles. The summed E-state index contributed by atoms with van der Waals surface area (Å²) in [6.45, 7) is 1.50. The van der Waals surface area contributed by atoms with Crippen molar-refractivity contribution in [1.29, 1.82) is 0 Å². The topological polar surface area (TPSA) is 63.2 Å². The Labute approximate surface area is 46.9 Å². The molecule has 1 aliphatic heterocycles. The average molecular weight is 135 g/mol. The van der Waals surface area contributed by atoms with Gasteiger partial charge in [0.1, 0.15) is 0 Å². The lowest BCUT2D eigenvalue weighted by molar-refractivity contribution is -0.114. The fourth-order valence-corrected chi connectivity index (χ4v) is 1.54. The predicted octanol–water partition coefficient (Wildman–Crippen LogP) is -1.17. The zero-order valence-electron chi connectivity index (χ0n) is 4.21. The zero-order valence-corrected chi connectivity index (χ0v) is 5.03. The molecular formula is C3H5NO3S. The van der Waals surface area contributed by atoms with Crippen LogP contribution in [0.5, 0.6) is 0 Å². The third-order valence-corrected chi connectivity index (χ3v) is 2.50. The summed E-state index contributed by atoms with van der Waals surface area (Å²) in [6.07, 6.45) is 0. The Morgan fingerprint density at radius 2 is 2.12 bits per heavy atom. The molecule has 8 heavy (non-hydrogen) atoms. The Bertz CT molecular complexity index is 217. The SMILES string of the molecule is CC1NS(=O)(=O)C1=O. The van der Waals surface area contributed by atoms with E-state index in [9.17, 15) is 13.2 Å². The molecule has 1 atom stereocenters. The molecule has 0 aromatic heterocycles. The van der Waals surface area contributed by atoms with E-state index in [4.69, 9.17) is 0 Å². The molecule has 0 bridgehead atoms. The number of carbonyl (C=O) groups excluding carboxylic acids is 1. The highest BCUT2D eigenvalue weighted by atomic mass is 32.2. The second-order valence-corrected chi connectivity index (χ2v) is 3.31. The summed E-state index contributed by atoms with van der Waals surface area (Å²) in [5.41, 5.74) is 0. The van der Waals surface area contributed by atoms with Crippen molar-refractivity contribution in [2.24, 2.45) is 0 Å². The summed E-state index contributed by atoms with van der Waals surface area (Å²) < 4.78 is 22.4. The number of nitrogens with one attached hydrogen (secondary N) is 1. The van der Waals surface area contributed by atoms with Crippen molar-refractivity contribution >= 4 is 15.1 Å². The van der Waals surface area contributed by atoms with E-state index in [0.29, 0.717) is 0 Å². The van der Waals surface area contributed by atoms with E-state index in [0.717, 1.165) is 0 Å². The monoisotopic (exact) mass is 135 g/mol. The van der Waals surface area contributed by atoms with Crippen LogP contribution in [0, 0.1) is 0 Å². The van der Waals surface area contributed by atoms with Crippen LogP contribution in [-0.2, 0) is 14.8 Å². The van der Waals surface area contributed by atoms with Gasteiger partial charge in [-0.2, -0.15) is 4.72 Å². The lowest BCUT2D eigenvalue weighted by Crippen LogP contribution is -2.56. The molecular weight excluding hydrogens is 130 g/mol. The first-order valence-corrected chi connectivity index (χ1v) is 3.58. The van der Waals surface area contributed by atoms with Gasteiger partial charge in [0.2, 0.25) is 0 Å². The van der Waals surface area contributed by atoms with Crippen molar-refractivity contribution in [1.82, 2.24) is 4.72 Å². The minimum atomic E-state index is -3.50. The number of sulfonamides is 1.